The average Bonchev–Trinajstić information content (AvgIpc) is 2.86. The van der Waals surface area contributed by atoms with Crippen LogP contribution in [0.5, 0.6) is 11.5 Å². The number of hydrogen-bond donors (Lipinski definition) is 3. The van der Waals surface area contributed by atoms with Crippen LogP contribution in [-0.4, -0.2) is 49.5 Å². The van der Waals surface area contributed by atoms with Gasteiger partial charge in [0.05, 0.1) is 27.6 Å². The van der Waals surface area contributed by atoms with Crippen LogP contribution in [0.4, 0.5) is 5.69 Å². The number of sulfonamides is 2. The number of carbonyl (C=O) groups is 1. The summed E-state index contributed by atoms with van der Waals surface area (Å²) in [7, 11) is -6.10. The molecule has 0 aliphatic rings. The summed E-state index contributed by atoms with van der Waals surface area (Å²) in [6, 6.07) is 16.4. The number of methoxy groups -OCH3 is 1. The van der Waals surface area contributed by atoms with Crippen LogP contribution in [0.3, 0.4) is 0 Å². The molecule has 3 aromatic rings. The summed E-state index contributed by atoms with van der Waals surface area (Å²) in [5.41, 5.74) is 1.21. The lowest BCUT2D eigenvalue weighted by molar-refractivity contribution is -0.123. The van der Waals surface area contributed by atoms with Crippen LogP contribution in [-0.2, 0) is 24.8 Å². The Hall–Kier alpha value is -3.32. The number of ether oxygens (including phenoxy) is 2. The molecule has 0 fully saturated rings. The van der Waals surface area contributed by atoms with Gasteiger partial charge in [-0.05, 0) is 61.5 Å². The molecule has 3 N–H and O–H groups in total. The van der Waals surface area contributed by atoms with Gasteiger partial charge in [-0.3, -0.25) is 9.52 Å². The topological polar surface area (TPSA) is 140 Å². The molecule has 0 spiro atoms. The quantitative estimate of drug-likeness (QED) is 0.286. The van der Waals surface area contributed by atoms with Crippen molar-refractivity contribution in [3.63, 3.8) is 0 Å². The van der Waals surface area contributed by atoms with Crippen LogP contribution >= 0.6 is 11.6 Å². The number of hydrogen-bond acceptors (Lipinski definition) is 7. The molecule has 10 nitrogen and oxygen atoms in total. The van der Waals surface area contributed by atoms with Gasteiger partial charge in [0.25, 0.3) is 15.9 Å². The molecule has 1 amide bonds. The van der Waals surface area contributed by atoms with Gasteiger partial charge in [-0.25, -0.2) is 21.6 Å². The van der Waals surface area contributed by atoms with Crippen molar-refractivity contribution in [3.05, 3.63) is 77.3 Å². The van der Waals surface area contributed by atoms with Crippen LogP contribution in [0.2, 0.25) is 5.02 Å². The van der Waals surface area contributed by atoms with Crippen LogP contribution < -0.4 is 24.2 Å². The second-order valence-corrected chi connectivity index (χ2v) is 11.6. The average molecular weight is 568 g/mol. The van der Waals surface area contributed by atoms with Gasteiger partial charge in [0.15, 0.2) is 6.61 Å². The summed E-state index contributed by atoms with van der Waals surface area (Å²) >= 11 is 6.04. The summed E-state index contributed by atoms with van der Waals surface area (Å²) in [5.74, 6) is 0.227. The van der Waals surface area contributed by atoms with Crippen LogP contribution in [0.1, 0.15) is 5.56 Å². The first-order valence-electron chi connectivity index (χ1n) is 10.9. The molecule has 0 radical (unpaired) electrons. The predicted molar refractivity (Wildman–Crippen MR) is 140 cm³/mol. The Morgan fingerprint density at radius 2 is 1.49 bits per heavy atom. The van der Waals surface area contributed by atoms with E-state index in [9.17, 15) is 21.6 Å². The summed E-state index contributed by atoms with van der Waals surface area (Å²) in [6.07, 6.45) is 0. The minimum atomic E-state index is -3.89. The van der Waals surface area contributed by atoms with Crippen molar-refractivity contribution < 1.29 is 31.1 Å². The van der Waals surface area contributed by atoms with Crippen LogP contribution in [0.15, 0.2) is 76.5 Å². The standard InChI is InChI=1S/C24H26ClN3O7S2/c1-17-3-8-20(9-4-17)36(30,31)27-14-13-26-24(29)16-35-19-6-10-21(11-7-19)37(32,33)28-18-5-12-23(34-2)22(25)15-18/h3-12,15,27-28H,13-14,16H2,1-2H3,(H,26,29). The maximum absolute atomic E-state index is 12.6. The van der Waals surface area contributed by atoms with Gasteiger partial charge < -0.3 is 14.8 Å². The van der Waals surface area contributed by atoms with Gasteiger partial charge >= 0.3 is 0 Å². The molecule has 0 bridgehead atoms. The molecule has 3 rings (SSSR count). The molecule has 37 heavy (non-hydrogen) atoms. The van der Waals surface area contributed by atoms with Crippen molar-refractivity contribution in [2.75, 3.05) is 31.5 Å². The predicted octanol–water partition coefficient (Wildman–Crippen LogP) is 2.93. The fourth-order valence-corrected chi connectivity index (χ4v) is 5.39. The first kappa shape index (κ1) is 28.3. The lowest BCUT2D eigenvalue weighted by Gasteiger charge is -2.11. The van der Waals surface area contributed by atoms with Gasteiger partial charge in [0.2, 0.25) is 10.0 Å². The lowest BCUT2D eigenvalue weighted by Crippen LogP contribution is -2.36. The van der Waals surface area contributed by atoms with Gasteiger partial charge in [0, 0.05) is 13.1 Å². The zero-order valence-electron chi connectivity index (χ0n) is 20.0. The van der Waals surface area contributed by atoms with E-state index >= 15 is 0 Å². The summed E-state index contributed by atoms with van der Waals surface area (Å²) < 4.78 is 65.0. The summed E-state index contributed by atoms with van der Waals surface area (Å²) in [4.78, 5) is 12.1. The molecule has 0 saturated heterocycles. The Balaban J connectivity index is 1.45. The van der Waals surface area contributed by atoms with E-state index in [1.54, 1.807) is 18.2 Å². The van der Waals surface area contributed by atoms with Crippen molar-refractivity contribution >= 4 is 43.2 Å². The van der Waals surface area contributed by atoms with Gasteiger partial charge in [0.1, 0.15) is 11.5 Å². The lowest BCUT2D eigenvalue weighted by atomic mass is 10.2. The molecule has 3 aromatic carbocycles. The van der Waals surface area contributed by atoms with E-state index in [-0.39, 0.29) is 45.9 Å². The largest absolute Gasteiger partial charge is 0.495 e. The maximum Gasteiger partial charge on any atom is 0.261 e. The fourth-order valence-electron chi connectivity index (χ4n) is 3.05. The van der Waals surface area contributed by atoms with Crippen molar-refractivity contribution in [3.8, 4) is 11.5 Å². The molecular formula is C24H26ClN3O7S2. The van der Waals surface area contributed by atoms with E-state index in [1.807, 2.05) is 6.92 Å². The number of halogens is 1. The molecule has 0 aliphatic carbocycles. The van der Waals surface area contributed by atoms with Gasteiger partial charge in [-0.1, -0.05) is 29.3 Å². The monoisotopic (exact) mass is 567 g/mol. The normalized spacial score (nSPS) is 11.5. The minimum Gasteiger partial charge on any atom is -0.495 e. The highest BCUT2D eigenvalue weighted by Gasteiger charge is 2.16. The van der Waals surface area contributed by atoms with Crippen LogP contribution in [0, 0.1) is 6.92 Å². The maximum atomic E-state index is 12.6. The third-order valence-electron chi connectivity index (χ3n) is 4.98. The number of amides is 1. The third-order valence-corrected chi connectivity index (χ3v) is 8.15. The van der Waals surface area contributed by atoms with Crippen LogP contribution in [0.25, 0.3) is 0 Å². The molecule has 0 saturated carbocycles. The number of nitrogens with one attached hydrogen (secondary N) is 3. The molecular weight excluding hydrogens is 542 g/mol. The molecule has 0 atom stereocenters. The SMILES string of the molecule is COc1ccc(NS(=O)(=O)c2ccc(OCC(=O)NCCNS(=O)(=O)c3ccc(C)cc3)cc2)cc1Cl. The zero-order chi connectivity index (χ0) is 27.1. The number of benzene rings is 3. The Morgan fingerprint density at radius 3 is 2.11 bits per heavy atom. The molecule has 0 aromatic heterocycles. The molecule has 198 valence electrons. The van der Waals surface area contributed by atoms with E-state index < -0.39 is 26.0 Å². The first-order valence-corrected chi connectivity index (χ1v) is 14.3. The Morgan fingerprint density at radius 1 is 0.865 bits per heavy atom. The second kappa shape index (κ2) is 12.3. The fraction of sp³-hybridized carbons (Fsp3) is 0.208. The van der Waals surface area contributed by atoms with Crippen molar-refractivity contribution in [2.45, 2.75) is 16.7 Å². The van der Waals surface area contributed by atoms with E-state index in [4.69, 9.17) is 21.1 Å². The molecule has 0 aliphatic heterocycles. The molecule has 13 heteroatoms. The number of anilines is 1. The zero-order valence-corrected chi connectivity index (χ0v) is 22.4. The summed E-state index contributed by atoms with van der Waals surface area (Å²) in [5, 5.41) is 2.80. The Kier molecular flexibility index (Phi) is 9.38. The van der Waals surface area contributed by atoms with Crippen molar-refractivity contribution in [1.82, 2.24) is 10.0 Å². The second-order valence-electron chi connectivity index (χ2n) is 7.78. The van der Waals surface area contributed by atoms with Gasteiger partial charge in [-0.2, -0.15) is 0 Å². The van der Waals surface area contributed by atoms with E-state index in [0.717, 1.165) is 5.56 Å². The highest BCUT2D eigenvalue weighted by atomic mass is 35.5. The third kappa shape index (κ3) is 8.09. The smallest absolute Gasteiger partial charge is 0.261 e. The highest BCUT2D eigenvalue weighted by molar-refractivity contribution is 7.92. The van der Waals surface area contributed by atoms with Crippen molar-refractivity contribution in [2.24, 2.45) is 0 Å². The Labute approximate surface area is 221 Å². The molecule has 0 heterocycles. The Bertz CT molecular complexity index is 1440. The number of aryl methyl sites for hydroxylation is 1. The summed E-state index contributed by atoms with van der Waals surface area (Å²) in [6.45, 7) is 1.58. The van der Waals surface area contributed by atoms with E-state index in [0.29, 0.717) is 5.75 Å². The number of carbonyl (C=O) groups excluding carboxylic acids is 1. The van der Waals surface area contributed by atoms with E-state index in [1.165, 1.54) is 55.6 Å². The number of rotatable bonds is 12. The van der Waals surface area contributed by atoms with Crippen molar-refractivity contribution in [1.29, 1.82) is 0 Å². The van der Waals surface area contributed by atoms with E-state index in [2.05, 4.69) is 14.8 Å². The minimum absolute atomic E-state index is 0.000907. The first-order chi connectivity index (χ1) is 17.5. The van der Waals surface area contributed by atoms with Gasteiger partial charge in [-0.15, -0.1) is 0 Å². The highest BCUT2D eigenvalue weighted by Crippen LogP contribution is 2.28. The molecule has 0 unspecified atom stereocenters.